The van der Waals surface area contributed by atoms with Crippen molar-refractivity contribution in [2.45, 2.75) is 32.2 Å². The van der Waals surface area contributed by atoms with E-state index in [2.05, 4.69) is 17.4 Å². The summed E-state index contributed by atoms with van der Waals surface area (Å²) in [7, 11) is 1.74. The van der Waals surface area contributed by atoms with E-state index in [4.69, 9.17) is 0 Å². The molecule has 0 fully saturated rings. The van der Waals surface area contributed by atoms with Gasteiger partial charge >= 0.3 is 0 Å². The van der Waals surface area contributed by atoms with Crippen molar-refractivity contribution in [1.82, 2.24) is 5.32 Å². The van der Waals surface area contributed by atoms with Crippen molar-refractivity contribution >= 4 is 0 Å². The van der Waals surface area contributed by atoms with E-state index in [-0.39, 0.29) is 5.56 Å². The third kappa shape index (κ3) is 2.46. The first-order chi connectivity index (χ1) is 10.1. The van der Waals surface area contributed by atoms with E-state index in [9.17, 15) is 8.78 Å². The Labute approximate surface area is 124 Å². The van der Waals surface area contributed by atoms with Gasteiger partial charge in [0.1, 0.15) is 11.6 Å². The molecule has 3 rings (SSSR count). The van der Waals surface area contributed by atoms with E-state index in [1.807, 2.05) is 6.07 Å². The van der Waals surface area contributed by atoms with Gasteiger partial charge in [0.25, 0.3) is 0 Å². The van der Waals surface area contributed by atoms with Gasteiger partial charge in [0, 0.05) is 5.56 Å². The van der Waals surface area contributed by atoms with Crippen LogP contribution in [0.25, 0.3) is 0 Å². The first-order valence-corrected chi connectivity index (χ1v) is 7.35. The van der Waals surface area contributed by atoms with Gasteiger partial charge in [-0.05, 0) is 61.6 Å². The molecule has 0 amide bonds. The minimum Gasteiger partial charge on any atom is -0.309 e. The number of halogens is 2. The highest BCUT2D eigenvalue weighted by atomic mass is 19.1. The van der Waals surface area contributed by atoms with Gasteiger partial charge in [-0.25, -0.2) is 8.78 Å². The summed E-state index contributed by atoms with van der Waals surface area (Å²) in [5, 5.41) is 3.05. The normalized spacial score (nSPS) is 15.0. The molecule has 2 aromatic rings. The van der Waals surface area contributed by atoms with Crippen molar-refractivity contribution < 1.29 is 8.78 Å². The Bertz CT molecular complexity index is 679. The van der Waals surface area contributed by atoms with Crippen LogP contribution >= 0.6 is 0 Å². The molecule has 1 aliphatic carbocycles. The van der Waals surface area contributed by atoms with Gasteiger partial charge < -0.3 is 5.32 Å². The lowest BCUT2D eigenvalue weighted by molar-refractivity contribution is 0.517. The Kier molecular flexibility index (Phi) is 3.77. The van der Waals surface area contributed by atoms with Crippen molar-refractivity contribution in [2.75, 3.05) is 7.05 Å². The molecule has 0 aliphatic heterocycles. The molecule has 1 nitrogen and oxygen atoms in total. The first kappa shape index (κ1) is 14.2. The molecule has 2 aromatic carbocycles. The Morgan fingerprint density at radius 2 is 1.81 bits per heavy atom. The van der Waals surface area contributed by atoms with Gasteiger partial charge in [0.2, 0.25) is 0 Å². The highest BCUT2D eigenvalue weighted by Gasteiger charge is 2.23. The van der Waals surface area contributed by atoms with E-state index in [0.29, 0.717) is 5.56 Å². The van der Waals surface area contributed by atoms with E-state index in [1.54, 1.807) is 14.0 Å². The second kappa shape index (κ2) is 5.57. The summed E-state index contributed by atoms with van der Waals surface area (Å²) in [6.07, 6.45) is 3.32. The molecule has 0 saturated carbocycles. The average Bonchev–Trinajstić information content (AvgIpc) is 2.95. The third-order valence-corrected chi connectivity index (χ3v) is 4.35. The molecule has 1 aliphatic rings. The van der Waals surface area contributed by atoms with Crippen LogP contribution in [-0.2, 0) is 12.8 Å². The monoisotopic (exact) mass is 287 g/mol. The van der Waals surface area contributed by atoms with Crippen molar-refractivity contribution in [3.8, 4) is 0 Å². The molecule has 1 atom stereocenters. The van der Waals surface area contributed by atoms with Crippen LogP contribution in [0.5, 0.6) is 0 Å². The lowest BCUT2D eigenvalue weighted by atomic mass is 9.94. The second-order valence-corrected chi connectivity index (χ2v) is 5.70. The van der Waals surface area contributed by atoms with Crippen LogP contribution in [0.4, 0.5) is 8.78 Å². The number of benzene rings is 2. The highest BCUT2D eigenvalue weighted by molar-refractivity contribution is 5.41. The smallest absolute Gasteiger partial charge is 0.134 e. The summed E-state index contributed by atoms with van der Waals surface area (Å²) in [5.41, 5.74) is 4.16. The first-order valence-electron chi connectivity index (χ1n) is 7.35. The fraction of sp³-hybridized carbons (Fsp3) is 0.333. The number of fused-ring (bicyclic) bond motifs is 1. The lowest BCUT2D eigenvalue weighted by Crippen LogP contribution is -2.21. The molecule has 1 unspecified atom stereocenters. The lowest BCUT2D eigenvalue weighted by Gasteiger charge is -2.20. The largest absolute Gasteiger partial charge is 0.309 e. The van der Waals surface area contributed by atoms with Crippen LogP contribution in [0.15, 0.2) is 30.3 Å². The Morgan fingerprint density at radius 1 is 1.05 bits per heavy atom. The predicted octanol–water partition coefficient (Wildman–Crippen LogP) is 4.07. The van der Waals surface area contributed by atoms with E-state index in [1.165, 1.54) is 23.3 Å². The molecular weight excluding hydrogens is 268 g/mol. The SMILES string of the molecule is CNC(c1ccc2c(c1)CCC2)c1c(F)ccc(C)c1F. The van der Waals surface area contributed by atoms with Crippen LogP contribution in [0.2, 0.25) is 0 Å². The standard InChI is InChI=1S/C18H19F2N/c1-11-6-9-15(19)16(17(11)20)18(21-2)14-8-7-12-4-3-5-13(12)10-14/h6-10,18,21H,3-5H2,1-2H3. The molecule has 0 spiro atoms. The van der Waals surface area contributed by atoms with Crippen LogP contribution < -0.4 is 5.32 Å². The molecule has 0 aromatic heterocycles. The molecule has 0 radical (unpaired) electrons. The fourth-order valence-corrected chi connectivity index (χ4v) is 3.19. The minimum atomic E-state index is -0.502. The molecule has 21 heavy (non-hydrogen) atoms. The highest BCUT2D eigenvalue weighted by Crippen LogP contribution is 2.31. The summed E-state index contributed by atoms with van der Waals surface area (Å²) >= 11 is 0. The van der Waals surface area contributed by atoms with E-state index in [0.717, 1.165) is 24.8 Å². The number of aryl methyl sites for hydroxylation is 3. The number of hydrogen-bond donors (Lipinski definition) is 1. The molecule has 0 saturated heterocycles. The topological polar surface area (TPSA) is 12.0 Å². The van der Waals surface area contributed by atoms with Crippen LogP contribution in [0, 0.1) is 18.6 Å². The zero-order chi connectivity index (χ0) is 15.0. The molecular formula is C18H19F2N. The van der Waals surface area contributed by atoms with Crippen molar-refractivity contribution in [3.63, 3.8) is 0 Å². The van der Waals surface area contributed by atoms with Gasteiger partial charge in [-0.1, -0.05) is 24.3 Å². The number of rotatable bonds is 3. The van der Waals surface area contributed by atoms with Gasteiger partial charge in [0.05, 0.1) is 6.04 Å². The molecule has 0 bridgehead atoms. The summed E-state index contributed by atoms with van der Waals surface area (Å²) < 4.78 is 28.5. The molecule has 1 N–H and O–H groups in total. The zero-order valence-corrected chi connectivity index (χ0v) is 12.3. The minimum absolute atomic E-state index is 0.107. The van der Waals surface area contributed by atoms with E-state index >= 15 is 0 Å². The Balaban J connectivity index is 2.09. The summed E-state index contributed by atoms with van der Waals surface area (Å²) in [6, 6.07) is 8.51. The third-order valence-electron chi connectivity index (χ3n) is 4.35. The Hall–Kier alpha value is -1.74. The van der Waals surface area contributed by atoms with Crippen LogP contribution in [-0.4, -0.2) is 7.05 Å². The summed E-state index contributed by atoms with van der Waals surface area (Å²) in [5.74, 6) is -0.965. The number of hydrogen-bond acceptors (Lipinski definition) is 1. The van der Waals surface area contributed by atoms with Crippen molar-refractivity contribution in [1.29, 1.82) is 0 Å². The number of nitrogens with one attached hydrogen (secondary N) is 1. The quantitative estimate of drug-likeness (QED) is 0.897. The maximum atomic E-state index is 14.4. The van der Waals surface area contributed by atoms with Gasteiger partial charge in [-0.15, -0.1) is 0 Å². The van der Waals surface area contributed by atoms with Gasteiger partial charge in [-0.2, -0.15) is 0 Å². The molecule has 3 heteroatoms. The maximum Gasteiger partial charge on any atom is 0.134 e. The van der Waals surface area contributed by atoms with Crippen LogP contribution in [0.1, 0.15) is 40.3 Å². The van der Waals surface area contributed by atoms with Crippen molar-refractivity contribution in [2.24, 2.45) is 0 Å². The maximum absolute atomic E-state index is 14.4. The predicted molar refractivity (Wildman–Crippen MR) is 80.5 cm³/mol. The van der Waals surface area contributed by atoms with Gasteiger partial charge in [0.15, 0.2) is 0 Å². The van der Waals surface area contributed by atoms with Crippen molar-refractivity contribution in [3.05, 3.63) is 69.8 Å². The average molecular weight is 287 g/mol. The summed E-state index contributed by atoms with van der Waals surface area (Å²) in [6.45, 7) is 1.66. The fourth-order valence-electron chi connectivity index (χ4n) is 3.19. The molecule has 0 heterocycles. The Morgan fingerprint density at radius 3 is 2.57 bits per heavy atom. The zero-order valence-electron chi connectivity index (χ0n) is 12.3. The molecule has 110 valence electrons. The van der Waals surface area contributed by atoms with Gasteiger partial charge in [-0.3, -0.25) is 0 Å². The second-order valence-electron chi connectivity index (χ2n) is 5.70. The summed E-state index contributed by atoms with van der Waals surface area (Å²) in [4.78, 5) is 0. The van der Waals surface area contributed by atoms with E-state index < -0.39 is 17.7 Å². The van der Waals surface area contributed by atoms with Crippen LogP contribution in [0.3, 0.4) is 0 Å².